The second-order valence-corrected chi connectivity index (χ2v) is 4.32. The number of rotatable bonds is 4. The molecule has 6 nitrogen and oxygen atoms in total. The van der Waals surface area contributed by atoms with E-state index < -0.39 is 34.6 Å². The van der Waals surface area contributed by atoms with Crippen molar-refractivity contribution in [1.82, 2.24) is 15.1 Å². The number of carbonyl (C=O) groups is 2. The van der Waals surface area contributed by atoms with E-state index in [1.54, 1.807) is 13.2 Å². The highest BCUT2D eigenvalue weighted by molar-refractivity contribution is 6.04. The Balaban J connectivity index is 2.22. The number of carboxylic acid groups (broad SMARTS) is 1. The summed E-state index contributed by atoms with van der Waals surface area (Å²) in [6, 6.07) is 1.05. The molecule has 0 saturated heterocycles. The van der Waals surface area contributed by atoms with E-state index in [2.05, 4.69) is 10.4 Å². The molecular weight excluding hydrogens is 284 g/mol. The van der Waals surface area contributed by atoms with E-state index in [-0.39, 0.29) is 6.54 Å². The minimum Gasteiger partial charge on any atom is -0.478 e. The molecule has 2 aromatic rings. The number of carbonyl (C=O) groups excluding carboxylic acids is 1. The van der Waals surface area contributed by atoms with Crippen LogP contribution in [0.3, 0.4) is 0 Å². The van der Waals surface area contributed by atoms with E-state index in [4.69, 9.17) is 5.11 Å². The zero-order chi connectivity index (χ0) is 15.6. The van der Waals surface area contributed by atoms with Crippen LogP contribution in [0.2, 0.25) is 0 Å². The standard InChI is InChI=1S/C13H11F2N3O3/c1-18-6-7(5-17-18)4-16-12(19)8-2-10(14)11(15)3-9(8)13(20)21/h2-3,5-6H,4H2,1H3,(H,16,19)(H,20,21). The van der Waals surface area contributed by atoms with Crippen LogP contribution in [0.1, 0.15) is 26.3 Å². The summed E-state index contributed by atoms with van der Waals surface area (Å²) in [5, 5.41) is 15.3. The van der Waals surface area contributed by atoms with Gasteiger partial charge in [0.2, 0.25) is 0 Å². The van der Waals surface area contributed by atoms with Gasteiger partial charge in [0, 0.05) is 25.4 Å². The average molecular weight is 295 g/mol. The van der Waals surface area contributed by atoms with Crippen LogP contribution in [0, 0.1) is 11.6 Å². The van der Waals surface area contributed by atoms with Crippen LogP contribution in [0.15, 0.2) is 24.5 Å². The highest BCUT2D eigenvalue weighted by atomic mass is 19.2. The Kier molecular flexibility index (Phi) is 3.97. The summed E-state index contributed by atoms with van der Waals surface area (Å²) in [6.45, 7) is 0.0880. The summed E-state index contributed by atoms with van der Waals surface area (Å²) in [6.07, 6.45) is 3.17. The van der Waals surface area contributed by atoms with Crippen LogP contribution in [0.5, 0.6) is 0 Å². The molecule has 0 saturated carbocycles. The van der Waals surface area contributed by atoms with E-state index in [0.29, 0.717) is 17.7 Å². The lowest BCUT2D eigenvalue weighted by atomic mass is 10.1. The summed E-state index contributed by atoms with van der Waals surface area (Å²) in [4.78, 5) is 22.9. The third-order valence-corrected chi connectivity index (χ3v) is 2.75. The fourth-order valence-electron chi connectivity index (χ4n) is 1.75. The van der Waals surface area contributed by atoms with Crippen molar-refractivity contribution in [3.05, 3.63) is 52.9 Å². The van der Waals surface area contributed by atoms with Crippen molar-refractivity contribution in [2.24, 2.45) is 7.05 Å². The van der Waals surface area contributed by atoms with Crippen molar-refractivity contribution in [2.75, 3.05) is 0 Å². The van der Waals surface area contributed by atoms with Gasteiger partial charge in [0.25, 0.3) is 5.91 Å². The Morgan fingerprint density at radius 1 is 1.29 bits per heavy atom. The molecule has 1 heterocycles. The lowest BCUT2D eigenvalue weighted by Gasteiger charge is -2.07. The molecule has 0 aliphatic heterocycles. The molecule has 0 fully saturated rings. The SMILES string of the molecule is Cn1cc(CNC(=O)c2cc(F)c(F)cc2C(=O)O)cn1. The van der Waals surface area contributed by atoms with Crippen LogP contribution in [0.25, 0.3) is 0 Å². The molecule has 0 spiro atoms. The van der Waals surface area contributed by atoms with Gasteiger partial charge < -0.3 is 10.4 Å². The van der Waals surface area contributed by atoms with E-state index in [1.165, 1.54) is 10.9 Å². The molecule has 0 radical (unpaired) electrons. The maximum Gasteiger partial charge on any atom is 0.336 e. The van der Waals surface area contributed by atoms with Gasteiger partial charge in [0.15, 0.2) is 11.6 Å². The van der Waals surface area contributed by atoms with E-state index in [0.717, 1.165) is 0 Å². The van der Waals surface area contributed by atoms with Crippen LogP contribution in [0.4, 0.5) is 8.78 Å². The predicted molar refractivity (Wildman–Crippen MR) is 67.7 cm³/mol. The summed E-state index contributed by atoms with van der Waals surface area (Å²) >= 11 is 0. The van der Waals surface area contributed by atoms with Gasteiger partial charge in [-0.2, -0.15) is 5.10 Å². The molecule has 2 N–H and O–H groups in total. The average Bonchev–Trinajstić information content (AvgIpc) is 2.84. The molecule has 110 valence electrons. The third-order valence-electron chi connectivity index (χ3n) is 2.75. The Labute approximate surface area is 118 Å². The number of aryl methyl sites for hydroxylation is 1. The lowest BCUT2D eigenvalue weighted by molar-refractivity contribution is 0.0690. The number of aromatic nitrogens is 2. The molecule has 0 aliphatic carbocycles. The first kappa shape index (κ1) is 14.6. The number of nitrogens with one attached hydrogen (secondary N) is 1. The molecule has 0 bridgehead atoms. The highest BCUT2D eigenvalue weighted by Gasteiger charge is 2.20. The van der Waals surface area contributed by atoms with Crippen LogP contribution < -0.4 is 5.32 Å². The Morgan fingerprint density at radius 3 is 2.43 bits per heavy atom. The Hall–Kier alpha value is -2.77. The van der Waals surface area contributed by atoms with Crippen molar-refractivity contribution >= 4 is 11.9 Å². The Morgan fingerprint density at radius 2 is 1.90 bits per heavy atom. The van der Waals surface area contributed by atoms with Gasteiger partial charge >= 0.3 is 5.97 Å². The number of hydrogen-bond acceptors (Lipinski definition) is 3. The molecule has 0 atom stereocenters. The Bertz CT molecular complexity index is 713. The predicted octanol–water partition coefficient (Wildman–Crippen LogP) is 1.33. The van der Waals surface area contributed by atoms with Gasteiger partial charge in [0.05, 0.1) is 17.3 Å². The summed E-state index contributed by atoms with van der Waals surface area (Å²) < 4.78 is 27.8. The summed E-state index contributed by atoms with van der Waals surface area (Å²) in [5.74, 6) is -4.93. The highest BCUT2D eigenvalue weighted by Crippen LogP contribution is 2.15. The van der Waals surface area contributed by atoms with Crippen LogP contribution >= 0.6 is 0 Å². The van der Waals surface area contributed by atoms with Gasteiger partial charge in [-0.3, -0.25) is 9.48 Å². The van der Waals surface area contributed by atoms with Crippen LogP contribution in [-0.4, -0.2) is 26.8 Å². The van der Waals surface area contributed by atoms with Gasteiger partial charge in [-0.25, -0.2) is 13.6 Å². The van der Waals surface area contributed by atoms with Crippen molar-refractivity contribution in [2.45, 2.75) is 6.54 Å². The molecule has 0 unspecified atom stereocenters. The quantitative estimate of drug-likeness (QED) is 0.891. The molecular formula is C13H11F2N3O3. The second kappa shape index (κ2) is 5.70. The fraction of sp³-hybridized carbons (Fsp3) is 0.154. The molecule has 0 aliphatic rings. The minimum atomic E-state index is -1.51. The number of carboxylic acids is 1. The summed E-state index contributed by atoms with van der Waals surface area (Å²) in [7, 11) is 1.70. The molecule has 21 heavy (non-hydrogen) atoms. The fourth-order valence-corrected chi connectivity index (χ4v) is 1.75. The first-order valence-corrected chi connectivity index (χ1v) is 5.86. The smallest absolute Gasteiger partial charge is 0.336 e. The van der Waals surface area contributed by atoms with E-state index in [9.17, 15) is 18.4 Å². The molecule has 1 aromatic carbocycles. The minimum absolute atomic E-state index is 0.0880. The number of amides is 1. The first-order valence-electron chi connectivity index (χ1n) is 5.86. The van der Waals surface area contributed by atoms with Crippen molar-refractivity contribution < 1.29 is 23.5 Å². The number of aromatic carboxylic acids is 1. The summed E-state index contributed by atoms with van der Waals surface area (Å²) in [5.41, 5.74) is -0.354. The third kappa shape index (κ3) is 3.22. The largest absolute Gasteiger partial charge is 0.478 e. The maximum atomic E-state index is 13.2. The molecule has 1 amide bonds. The molecule has 2 rings (SSSR count). The van der Waals surface area contributed by atoms with Gasteiger partial charge in [0.1, 0.15) is 0 Å². The number of hydrogen-bond donors (Lipinski definition) is 2. The zero-order valence-electron chi connectivity index (χ0n) is 10.9. The number of halogens is 2. The van der Waals surface area contributed by atoms with Gasteiger partial charge in [-0.05, 0) is 12.1 Å². The second-order valence-electron chi connectivity index (χ2n) is 4.32. The van der Waals surface area contributed by atoms with Gasteiger partial charge in [-0.1, -0.05) is 0 Å². The van der Waals surface area contributed by atoms with Crippen molar-refractivity contribution in [1.29, 1.82) is 0 Å². The normalized spacial score (nSPS) is 10.4. The van der Waals surface area contributed by atoms with Crippen molar-refractivity contribution in [3.8, 4) is 0 Å². The molecule has 1 aromatic heterocycles. The lowest BCUT2D eigenvalue weighted by Crippen LogP contribution is -2.25. The topological polar surface area (TPSA) is 84.2 Å². The maximum absolute atomic E-state index is 13.2. The number of benzene rings is 1. The molecule has 8 heteroatoms. The van der Waals surface area contributed by atoms with E-state index in [1.807, 2.05) is 0 Å². The van der Waals surface area contributed by atoms with Crippen molar-refractivity contribution in [3.63, 3.8) is 0 Å². The monoisotopic (exact) mass is 295 g/mol. The van der Waals surface area contributed by atoms with Gasteiger partial charge in [-0.15, -0.1) is 0 Å². The first-order chi connectivity index (χ1) is 9.88. The van der Waals surface area contributed by atoms with E-state index >= 15 is 0 Å². The number of nitrogens with zero attached hydrogens (tertiary/aromatic N) is 2. The zero-order valence-corrected chi connectivity index (χ0v) is 10.9. The van der Waals surface area contributed by atoms with Crippen LogP contribution in [-0.2, 0) is 13.6 Å².